The summed E-state index contributed by atoms with van der Waals surface area (Å²) in [5.41, 5.74) is 5.37. The molecule has 2 heterocycles. The summed E-state index contributed by atoms with van der Waals surface area (Å²) in [6.45, 7) is 6.29. The first-order chi connectivity index (χ1) is 10.5. The van der Waals surface area contributed by atoms with E-state index in [9.17, 15) is 4.48 Å². The van der Waals surface area contributed by atoms with E-state index >= 15 is 0 Å². The van der Waals surface area contributed by atoms with Crippen LogP contribution in [0.25, 0.3) is 16.7 Å². The number of para-hydroxylation sites is 1. The number of benzene rings is 2. The van der Waals surface area contributed by atoms with E-state index in [-0.39, 0.29) is 0 Å². The average Bonchev–Trinajstić information content (AvgIpc) is 2.51. The third-order valence-corrected chi connectivity index (χ3v) is 4.52. The second-order valence-electron chi connectivity index (χ2n) is 6.53. The first kappa shape index (κ1) is 13.4. The molecule has 2 aromatic rings. The van der Waals surface area contributed by atoms with Crippen LogP contribution in [0.15, 0.2) is 42.5 Å². The van der Waals surface area contributed by atoms with Crippen LogP contribution in [-0.4, -0.2) is 5.54 Å². The van der Waals surface area contributed by atoms with Gasteiger partial charge in [-0.05, 0) is 44.0 Å². The number of rotatable bonds is 0. The van der Waals surface area contributed by atoms with E-state index in [0.29, 0.717) is 12.3 Å². The van der Waals surface area contributed by atoms with Crippen LogP contribution >= 0.6 is 0 Å². The Morgan fingerprint density at radius 3 is 2.68 bits per heavy atom. The van der Waals surface area contributed by atoms with E-state index in [1.54, 1.807) is 0 Å². The summed E-state index contributed by atoms with van der Waals surface area (Å²) in [5.74, 6) is 0.893. The molecular formula is C19H18FNO. The second-order valence-corrected chi connectivity index (χ2v) is 6.53. The highest BCUT2D eigenvalue weighted by Crippen LogP contribution is 2.47. The molecule has 0 radical (unpaired) electrons. The summed E-state index contributed by atoms with van der Waals surface area (Å²) < 4.78 is 20.6. The largest absolute Gasteiger partial charge is 0.488 e. The average molecular weight is 295 g/mol. The number of hydrogen-bond donors (Lipinski definition) is 0. The zero-order valence-electron chi connectivity index (χ0n) is 13.0. The van der Waals surface area contributed by atoms with Gasteiger partial charge in [0.2, 0.25) is 0 Å². The Bertz CT molecular complexity index is 807. The molecule has 0 saturated carbocycles. The van der Waals surface area contributed by atoms with Crippen molar-refractivity contribution in [3.05, 3.63) is 53.6 Å². The lowest BCUT2D eigenvalue weighted by atomic mass is 9.84. The van der Waals surface area contributed by atoms with Crippen LogP contribution in [0, 0.1) is 0 Å². The molecule has 0 unspecified atom stereocenters. The lowest BCUT2D eigenvalue weighted by Crippen LogP contribution is -2.39. The standard InChI is InChI=1S/C19H18FNO/c1-12-10-19(2,3)21(20)16-9-8-13-14-6-4-5-7-17(14)22-11-15(13)18(12)16/h4-10H,11H2,1-3H3. The van der Waals surface area contributed by atoms with Crippen molar-refractivity contribution in [2.75, 3.05) is 5.12 Å². The predicted molar refractivity (Wildman–Crippen MR) is 87.5 cm³/mol. The van der Waals surface area contributed by atoms with Gasteiger partial charge < -0.3 is 4.74 Å². The van der Waals surface area contributed by atoms with Crippen molar-refractivity contribution < 1.29 is 9.22 Å². The van der Waals surface area contributed by atoms with Gasteiger partial charge in [0.25, 0.3) is 0 Å². The highest BCUT2D eigenvalue weighted by atomic mass is 19.2. The number of fused-ring (bicyclic) bond motifs is 5. The molecule has 2 aromatic carbocycles. The molecule has 0 amide bonds. The summed E-state index contributed by atoms with van der Waals surface area (Å²) in [5, 5.41) is 0.857. The zero-order valence-corrected chi connectivity index (χ0v) is 13.0. The van der Waals surface area contributed by atoms with Crippen LogP contribution in [0.4, 0.5) is 10.2 Å². The molecule has 0 saturated heterocycles. The van der Waals surface area contributed by atoms with Crippen LogP contribution in [-0.2, 0) is 6.61 Å². The van der Waals surface area contributed by atoms with Gasteiger partial charge in [-0.1, -0.05) is 34.8 Å². The van der Waals surface area contributed by atoms with E-state index in [4.69, 9.17) is 4.74 Å². The number of halogens is 1. The van der Waals surface area contributed by atoms with Crippen LogP contribution in [0.2, 0.25) is 0 Å². The highest BCUT2D eigenvalue weighted by Gasteiger charge is 2.34. The minimum atomic E-state index is -0.626. The number of ether oxygens (including phenoxy) is 1. The maximum Gasteiger partial charge on any atom is 0.127 e. The van der Waals surface area contributed by atoms with Crippen LogP contribution in [0.5, 0.6) is 5.75 Å². The summed E-state index contributed by atoms with van der Waals surface area (Å²) in [7, 11) is 0. The van der Waals surface area contributed by atoms with Gasteiger partial charge in [0.15, 0.2) is 0 Å². The van der Waals surface area contributed by atoms with E-state index in [0.717, 1.165) is 38.7 Å². The zero-order chi connectivity index (χ0) is 15.5. The molecule has 0 spiro atoms. The normalized spacial score (nSPS) is 17.8. The van der Waals surface area contributed by atoms with Crippen molar-refractivity contribution in [1.82, 2.24) is 0 Å². The molecule has 3 heteroatoms. The molecule has 0 N–H and O–H groups in total. The summed E-state index contributed by atoms with van der Waals surface area (Å²) >= 11 is 0. The number of anilines is 1. The third kappa shape index (κ3) is 1.71. The number of allylic oxidation sites excluding steroid dienone is 1. The molecule has 0 fully saturated rings. The molecule has 0 atom stereocenters. The minimum Gasteiger partial charge on any atom is -0.488 e. The molecule has 2 nitrogen and oxygen atoms in total. The molecule has 0 aromatic heterocycles. The Balaban J connectivity index is 1.99. The maximum absolute atomic E-state index is 14.7. The fraction of sp³-hybridized carbons (Fsp3) is 0.263. The van der Waals surface area contributed by atoms with Crippen LogP contribution in [0.3, 0.4) is 0 Å². The molecule has 112 valence electrons. The van der Waals surface area contributed by atoms with Crippen molar-refractivity contribution in [2.24, 2.45) is 0 Å². The van der Waals surface area contributed by atoms with E-state index < -0.39 is 5.54 Å². The Morgan fingerprint density at radius 1 is 1.09 bits per heavy atom. The van der Waals surface area contributed by atoms with Gasteiger partial charge in [-0.25, -0.2) is 5.12 Å². The first-order valence-electron chi connectivity index (χ1n) is 7.53. The number of nitrogens with zero attached hydrogens (tertiary/aromatic N) is 1. The molecule has 2 aliphatic rings. The van der Waals surface area contributed by atoms with Gasteiger partial charge >= 0.3 is 0 Å². The minimum absolute atomic E-state index is 0.481. The van der Waals surface area contributed by atoms with Gasteiger partial charge in [-0.3, -0.25) is 0 Å². The molecule has 4 rings (SSSR count). The number of hydrogen-bond acceptors (Lipinski definition) is 2. The summed E-state index contributed by atoms with van der Waals surface area (Å²) in [6, 6.07) is 11.9. The lowest BCUT2D eigenvalue weighted by Gasteiger charge is -2.38. The highest BCUT2D eigenvalue weighted by molar-refractivity contribution is 5.89. The van der Waals surface area contributed by atoms with Crippen molar-refractivity contribution in [1.29, 1.82) is 0 Å². The summed E-state index contributed by atoms with van der Waals surface area (Å²) in [4.78, 5) is 0. The SMILES string of the molecule is CC1=CC(C)(C)N(F)c2ccc3c(c21)COc1ccccc1-3. The fourth-order valence-electron chi connectivity index (χ4n) is 3.58. The van der Waals surface area contributed by atoms with Gasteiger partial charge in [0, 0.05) is 16.7 Å². The monoisotopic (exact) mass is 295 g/mol. The quantitative estimate of drug-likeness (QED) is 0.624. The molecule has 0 aliphatic carbocycles. The van der Waals surface area contributed by atoms with E-state index in [2.05, 4.69) is 6.07 Å². The predicted octanol–water partition coefficient (Wildman–Crippen LogP) is 5.13. The smallest absolute Gasteiger partial charge is 0.127 e. The Kier molecular flexibility index (Phi) is 2.65. The molecule has 2 aliphatic heterocycles. The van der Waals surface area contributed by atoms with Crippen molar-refractivity contribution in [3.8, 4) is 16.9 Å². The van der Waals surface area contributed by atoms with Crippen LogP contribution in [0.1, 0.15) is 31.9 Å². The topological polar surface area (TPSA) is 12.5 Å². The molecular weight excluding hydrogens is 277 g/mol. The molecule has 0 bridgehead atoms. The second kappa shape index (κ2) is 4.35. The van der Waals surface area contributed by atoms with Gasteiger partial charge in [0.1, 0.15) is 12.4 Å². The van der Waals surface area contributed by atoms with Crippen molar-refractivity contribution >= 4 is 11.3 Å². The summed E-state index contributed by atoms with van der Waals surface area (Å²) in [6.07, 6.45) is 1.98. The van der Waals surface area contributed by atoms with Gasteiger partial charge in [-0.2, -0.15) is 0 Å². The Morgan fingerprint density at radius 2 is 1.86 bits per heavy atom. The van der Waals surface area contributed by atoms with E-state index in [1.165, 1.54) is 0 Å². The van der Waals surface area contributed by atoms with Crippen LogP contribution < -0.4 is 9.86 Å². The Hall–Kier alpha value is -2.29. The molecule has 22 heavy (non-hydrogen) atoms. The van der Waals surface area contributed by atoms with Gasteiger partial charge in [0.05, 0.1) is 11.2 Å². The fourth-order valence-corrected chi connectivity index (χ4v) is 3.58. The maximum atomic E-state index is 14.7. The Labute approximate surface area is 129 Å². The van der Waals surface area contributed by atoms with Gasteiger partial charge in [-0.15, -0.1) is 0 Å². The van der Waals surface area contributed by atoms with Crippen molar-refractivity contribution in [3.63, 3.8) is 0 Å². The lowest BCUT2D eigenvalue weighted by molar-refractivity contribution is 0.300. The first-order valence-corrected chi connectivity index (χ1v) is 7.53. The van der Waals surface area contributed by atoms with E-state index in [1.807, 2.05) is 57.2 Å². The third-order valence-electron chi connectivity index (χ3n) is 4.52. The van der Waals surface area contributed by atoms with Crippen molar-refractivity contribution in [2.45, 2.75) is 32.9 Å².